The van der Waals surface area contributed by atoms with Crippen molar-refractivity contribution in [1.29, 1.82) is 0 Å². The fourth-order valence-corrected chi connectivity index (χ4v) is 2.82. The number of nitrogens with zero attached hydrogens (tertiary/aromatic N) is 2. The highest BCUT2D eigenvalue weighted by Crippen LogP contribution is 2.13. The summed E-state index contributed by atoms with van der Waals surface area (Å²) < 4.78 is 5.41. The van der Waals surface area contributed by atoms with E-state index in [1.165, 1.54) is 25.8 Å². The van der Waals surface area contributed by atoms with Gasteiger partial charge < -0.3 is 15.0 Å². The lowest BCUT2D eigenvalue weighted by atomic mass is 10.1. The van der Waals surface area contributed by atoms with Crippen LogP contribution in [-0.4, -0.2) is 66.8 Å². The smallest absolute Gasteiger partial charge is 0.410 e. The first-order valence-corrected chi connectivity index (χ1v) is 7.88. The van der Waals surface area contributed by atoms with Crippen molar-refractivity contribution in [1.82, 2.24) is 15.1 Å². The summed E-state index contributed by atoms with van der Waals surface area (Å²) in [6, 6.07) is 0.707. The molecule has 0 aromatic rings. The number of piperazine rings is 1. The summed E-state index contributed by atoms with van der Waals surface area (Å²) in [7, 11) is 0. The largest absolute Gasteiger partial charge is 0.444 e. The van der Waals surface area contributed by atoms with Crippen LogP contribution in [0.3, 0.4) is 0 Å². The number of hydrogen-bond acceptors (Lipinski definition) is 4. The Bertz CT molecular complexity index is 314. The van der Waals surface area contributed by atoms with Crippen LogP contribution in [0.1, 0.15) is 40.0 Å². The Kier molecular flexibility index (Phi) is 5.27. The predicted octanol–water partition coefficient (Wildman–Crippen LogP) is 1.68. The van der Waals surface area contributed by atoms with E-state index in [9.17, 15) is 4.79 Å². The summed E-state index contributed by atoms with van der Waals surface area (Å²) in [5.74, 6) is 0. The van der Waals surface area contributed by atoms with Crippen LogP contribution in [0.2, 0.25) is 0 Å². The molecule has 0 aliphatic carbocycles. The van der Waals surface area contributed by atoms with Gasteiger partial charge in [-0.1, -0.05) is 0 Å². The first-order chi connectivity index (χ1) is 9.44. The molecule has 0 saturated carbocycles. The molecule has 0 bridgehead atoms. The predicted molar refractivity (Wildman–Crippen MR) is 79.9 cm³/mol. The average Bonchev–Trinajstić information content (AvgIpc) is 2.88. The van der Waals surface area contributed by atoms with Crippen molar-refractivity contribution in [3.8, 4) is 0 Å². The van der Waals surface area contributed by atoms with Gasteiger partial charge in [0.05, 0.1) is 0 Å². The summed E-state index contributed by atoms with van der Waals surface area (Å²) in [6.45, 7) is 11.6. The van der Waals surface area contributed by atoms with Gasteiger partial charge in [0.25, 0.3) is 0 Å². The van der Waals surface area contributed by atoms with E-state index in [2.05, 4.69) is 10.2 Å². The van der Waals surface area contributed by atoms with Gasteiger partial charge in [-0.05, 0) is 53.1 Å². The van der Waals surface area contributed by atoms with E-state index in [4.69, 9.17) is 4.74 Å². The molecule has 2 heterocycles. The third-order valence-corrected chi connectivity index (χ3v) is 3.98. The Labute approximate surface area is 122 Å². The normalized spacial score (nSPS) is 24.9. The Morgan fingerprint density at radius 3 is 2.50 bits per heavy atom. The molecule has 2 fully saturated rings. The second kappa shape index (κ2) is 6.76. The molecule has 2 aliphatic rings. The molecule has 5 heteroatoms. The molecule has 0 aromatic heterocycles. The van der Waals surface area contributed by atoms with E-state index >= 15 is 0 Å². The third-order valence-electron chi connectivity index (χ3n) is 3.98. The van der Waals surface area contributed by atoms with Crippen LogP contribution < -0.4 is 5.32 Å². The molecule has 2 saturated heterocycles. The van der Waals surface area contributed by atoms with E-state index in [1.807, 2.05) is 25.7 Å². The maximum Gasteiger partial charge on any atom is 0.410 e. The monoisotopic (exact) mass is 283 g/mol. The molecule has 2 rings (SSSR count). The van der Waals surface area contributed by atoms with Gasteiger partial charge in [-0.3, -0.25) is 4.90 Å². The highest BCUT2D eigenvalue weighted by atomic mass is 16.6. The zero-order valence-electron chi connectivity index (χ0n) is 13.2. The van der Waals surface area contributed by atoms with Crippen molar-refractivity contribution in [3.63, 3.8) is 0 Å². The zero-order valence-corrected chi connectivity index (χ0v) is 13.2. The Balaban J connectivity index is 1.65. The van der Waals surface area contributed by atoms with Crippen molar-refractivity contribution in [2.75, 3.05) is 39.3 Å². The van der Waals surface area contributed by atoms with Crippen molar-refractivity contribution in [2.45, 2.75) is 51.7 Å². The molecule has 0 radical (unpaired) electrons. The van der Waals surface area contributed by atoms with Crippen molar-refractivity contribution < 1.29 is 9.53 Å². The van der Waals surface area contributed by atoms with Gasteiger partial charge in [-0.25, -0.2) is 4.79 Å². The lowest BCUT2D eigenvalue weighted by Gasteiger charge is -2.35. The molecule has 0 aromatic carbocycles. The minimum atomic E-state index is -0.400. The molecule has 1 amide bonds. The average molecular weight is 283 g/mol. The Morgan fingerprint density at radius 2 is 1.95 bits per heavy atom. The number of nitrogens with one attached hydrogen (secondary N) is 1. The highest BCUT2D eigenvalue weighted by Gasteiger charge is 2.26. The van der Waals surface area contributed by atoms with Gasteiger partial charge in [0.15, 0.2) is 0 Å². The van der Waals surface area contributed by atoms with Crippen LogP contribution >= 0.6 is 0 Å². The molecule has 1 unspecified atom stereocenters. The molecular weight excluding hydrogens is 254 g/mol. The van der Waals surface area contributed by atoms with Crippen LogP contribution in [0.15, 0.2) is 0 Å². The number of hydrogen-bond donors (Lipinski definition) is 1. The summed E-state index contributed by atoms with van der Waals surface area (Å²) in [5.41, 5.74) is -0.400. The first kappa shape index (κ1) is 15.6. The zero-order chi connectivity index (χ0) is 14.6. The lowest BCUT2D eigenvalue weighted by molar-refractivity contribution is 0.0143. The van der Waals surface area contributed by atoms with Crippen LogP contribution in [0.5, 0.6) is 0 Å². The summed E-state index contributed by atoms with van der Waals surface area (Å²) in [6.07, 6.45) is 3.69. The Hall–Kier alpha value is -0.810. The molecule has 116 valence electrons. The quantitative estimate of drug-likeness (QED) is 0.856. The SMILES string of the molecule is CC(C)(C)OC(=O)N1CCN(CCC2CCCN2)CC1. The topological polar surface area (TPSA) is 44.8 Å². The van der Waals surface area contributed by atoms with Crippen molar-refractivity contribution in [3.05, 3.63) is 0 Å². The van der Waals surface area contributed by atoms with Gasteiger partial charge in [-0.2, -0.15) is 0 Å². The summed E-state index contributed by atoms with van der Waals surface area (Å²) in [5, 5.41) is 3.54. The Morgan fingerprint density at radius 1 is 1.25 bits per heavy atom. The van der Waals surface area contributed by atoms with Crippen LogP contribution in [0.25, 0.3) is 0 Å². The maximum absolute atomic E-state index is 12.0. The molecule has 20 heavy (non-hydrogen) atoms. The van der Waals surface area contributed by atoms with E-state index in [0.717, 1.165) is 32.7 Å². The number of ether oxygens (including phenoxy) is 1. The maximum atomic E-state index is 12.0. The molecule has 1 N–H and O–H groups in total. The van der Waals surface area contributed by atoms with Gasteiger partial charge >= 0.3 is 6.09 Å². The highest BCUT2D eigenvalue weighted by molar-refractivity contribution is 5.68. The number of rotatable bonds is 3. The summed E-state index contributed by atoms with van der Waals surface area (Å²) >= 11 is 0. The fourth-order valence-electron chi connectivity index (χ4n) is 2.82. The fraction of sp³-hybridized carbons (Fsp3) is 0.933. The van der Waals surface area contributed by atoms with Crippen LogP contribution in [0, 0.1) is 0 Å². The van der Waals surface area contributed by atoms with E-state index < -0.39 is 5.60 Å². The van der Waals surface area contributed by atoms with E-state index in [0.29, 0.717) is 6.04 Å². The molecule has 5 nitrogen and oxygen atoms in total. The second-order valence-electron chi connectivity index (χ2n) is 6.89. The first-order valence-electron chi connectivity index (χ1n) is 7.88. The molecule has 2 aliphatic heterocycles. The second-order valence-corrected chi connectivity index (χ2v) is 6.89. The van der Waals surface area contributed by atoms with Crippen LogP contribution in [0.4, 0.5) is 4.79 Å². The summed E-state index contributed by atoms with van der Waals surface area (Å²) in [4.78, 5) is 16.3. The van der Waals surface area contributed by atoms with E-state index in [-0.39, 0.29) is 6.09 Å². The van der Waals surface area contributed by atoms with Gasteiger partial charge in [0, 0.05) is 32.2 Å². The number of amides is 1. The number of carbonyl (C=O) groups excluding carboxylic acids is 1. The van der Waals surface area contributed by atoms with Gasteiger partial charge in [-0.15, -0.1) is 0 Å². The molecule has 1 atom stereocenters. The van der Waals surface area contributed by atoms with Crippen molar-refractivity contribution in [2.24, 2.45) is 0 Å². The third kappa shape index (κ3) is 4.94. The van der Waals surface area contributed by atoms with Crippen LogP contribution in [-0.2, 0) is 4.74 Å². The molecule has 0 spiro atoms. The minimum Gasteiger partial charge on any atom is -0.444 e. The standard InChI is InChI=1S/C15H29N3O2/c1-15(2,3)20-14(19)18-11-9-17(10-12-18)8-6-13-5-4-7-16-13/h13,16H,4-12H2,1-3H3. The van der Waals surface area contributed by atoms with Gasteiger partial charge in [0.1, 0.15) is 5.60 Å². The van der Waals surface area contributed by atoms with Crippen molar-refractivity contribution >= 4 is 6.09 Å². The molecular formula is C15H29N3O2. The lowest BCUT2D eigenvalue weighted by Crippen LogP contribution is -2.50. The van der Waals surface area contributed by atoms with Gasteiger partial charge in [0.2, 0.25) is 0 Å². The van der Waals surface area contributed by atoms with E-state index in [1.54, 1.807) is 0 Å². The minimum absolute atomic E-state index is 0.172. The number of carbonyl (C=O) groups is 1.